The van der Waals surface area contributed by atoms with E-state index in [1.807, 2.05) is 5.38 Å². The van der Waals surface area contributed by atoms with Crippen molar-refractivity contribution in [2.45, 2.75) is 44.7 Å². The molecule has 1 heterocycles. The van der Waals surface area contributed by atoms with Crippen molar-refractivity contribution in [1.29, 1.82) is 0 Å². The van der Waals surface area contributed by atoms with Crippen molar-refractivity contribution in [3.8, 4) is 0 Å². The van der Waals surface area contributed by atoms with Crippen LogP contribution in [0, 0.1) is 0 Å². The number of thiazole rings is 1. The molecule has 0 saturated heterocycles. The van der Waals surface area contributed by atoms with Crippen molar-refractivity contribution in [2.75, 3.05) is 0 Å². The molecule has 0 bridgehead atoms. The quantitative estimate of drug-likeness (QED) is 0.491. The van der Waals surface area contributed by atoms with Crippen LogP contribution in [0.5, 0.6) is 0 Å². The topological polar surface area (TPSA) is 63.3 Å². The van der Waals surface area contributed by atoms with E-state index in [9.17, 15) is 0 Å². The van der Waals surface area contributed by atoms with Crippen molar-refractivity contribution >= 4 is 41.3 Å². The van der Waals surface area contributed by atoms with Crippen LogP contribution in [-0.2, 0) is 6.54 Å². The van der Waals surface area contributed by atoms with Gasteiger partial charge in [0.2, 0.25) is 0 Å². The number of rotatable bonds is 3. The van der Waals surface area contributed by atoms with Gasteiger partial charge < -0.3 is 11.1 Å². The lowest BCUT2D eigenvalue weighted by atomic mass is 9.96. The second-order valence-corrected chi connectivity index (χ2v) is 5.09. The summed E-state index contributed by atoms with van der Waals surface area (Å²) in [6.45, 7) is 0.587. The first-order chi connectivity index (χ1) is 7.84. The van der Waals surface area contributed by atoms with Crippen LogP contribution in [-0.4, -0.2) is 17.0 Å². The summed E-state index contributed by atoms with van der Waals surface area (Å²) in [4.78, 5) is 8.46. The van der Waals surface area contributed by atoms with Crippen molar-refractivity contribution in [3.63, 3.8) is 0 Å². The Hall–Kier alpha value is -0.370. The zero-order valence-corrected chi connectivity index (χ0v) is 12.9. The molecule has 17 heavy (non-hydrogen) atoms. The summed E-state index contributed by atoms with van der Waals surface area (Å²) in [5.41, 5.74) is 5.84. The van der Waals surface area contributed by atoms with Crippen LogP contribution >= 0.6 is 35.3 Å². The van der Waals surface area contributed by atoms with E-state index in [4.69, 9.17) is 5.73 Å². The average Bonchev–Trinajstić information content (AvgIpc) is 2.81. The van der Waals surface area contributed by atoms with Crippen LogP contribution in [0.1, 0.15) is 37.1 Å². The van der Waals surface area contributed by atoms with Gasteiger partial charge in [0.15, 0.2) is 5.96 Å². The monoisotopic (exact) mass is 366 g/mol. The number of halogens is 1. The molecule has 0 spiro atoms. The van der Waals surface area contributed by atoms with Crippen molar-refractivity contribution in [2.24, 2.45) is 10.7 Å². The fraction of sp³-hybridized carbons (Fsp3) is 0.636. The van der Waals surface area contributed by atoms with Gasteiger partial charge in [0.1, 0.15) is 5.01 Å². The van der Waals surface area contributed by atoms with Gasteiger partial charge in [0.25, 0.3) is 0 Å². The van der Waals surface area contributed by atoms with E-state index in [-0.39, 0.29) is 24.0 Å². The standard InChI is InChI=1S/C11H18N4S.HI/c12-11(14-8-10-13-6-7-16-10)15-9-4-2-1-3-5-9;/h6-7,9H,1-5,8H2,(H3,12,14,15);1H. The molecule has 1 aromatic heterocycles. The maximum atomic E-state index is 5.84. The molecule has 0 atom stereocenters. The molecule has 0 amide bonds. The molecule has 1 aliphatic carbocycles. The van der Waals surface area contributed by atoms with Gasteiger partial charge in [-0.25, -0.2) is 9.98 Å². The van der Waals surface area contributed by atoms with E-state index in [1.54, 1.807) is 17.5 Å². The molecule has 2 rings (SSSR count). The van der Waals surface area contributed by atoms with Crippen LogP contribution in [0.2, 0.25) is 0 Å². The smallest absolute Gasteiger partial charge is 0.189 e. The van der Waals surface area contributed by atoms with Gasteiger partial charge in [0.05, 0.1) is 6.54 Å². The third kappa shape index (κ3) is 5.20. The highest BCUT2D eigenvalue weighted by Gasteiger charge is 2.13. The van der Waals surface area contributed by atoms with Crippen LogP contribution in [0.3, 0.4) is 0 Å². The summed E-state index contributed by atoms with van der Waals surface area (Å²) in [5, 5.41) is 6.25. The summed E-state index contributed by atoms with van der Waals surface area (Å²) >= 11 is 1.61. The minimum Gasteiger partial charge on any atom is -0.370 e. The molecule has 96 valence electrons. The molecule has 0 radical (unpaired) electrons. The lowest BCUT2D eigenvalue weighted by molar-refractivity contribution is 0.412. The van der Waals surface area contributed by atoms with Gasteiger partial charge >= 0.3 is 0 Å². The molecular weight excluding hydrogens is 347 g/mol. The minimum atomic E-state index is 0. The Morgan fingerprint density at radius 3 is 2.88 bits per heavy atom. The number of nitrogens with zero attached hydrogens (tertiary/aromatic N) is 2. The van der Waals surface area contributed by atoms with Crippen LogP contribution in [0.15, 0.2) is 16.6 Å². The number of aliphatic imine (C=N–C) groups is 1. The summed E-state index contributed by atoms with van der Waals surface area (Å²) in [6, 6.07) is 0.522. The second kappa shape index (κ2) is 7.86. The Balaban J connectivity index is 0.00000144. The van der Waals surface area contributed by atoms with Gasteiger partial charge in [-0.3, -0.25) is 0 Å². The van der Waals surface area contributed by atoms with Crippen LogP contribution in [0.4, 0.5) is 0 Å². The predicted octanol–water partition coefficient (Wildman–Crippen LogP) is 2.50. The molecule has 0 unspecified atom stereocenters. The first kappa shape index (κ1) is 14.7. The highest BCUT2D eigenvalue weighted by atomic mass is 127. The highest BCUT2D eigenvalue weighted by molar-refractivity contribution is 14.0. The number of guanidine groups is 1. The molecule has 1 fully saturated rings. The largest absolute Gasteiger partial charge is 0.370 e. The molecule has 4 nitrogen and oxygen atoms in total. The van der Waals surface area contributed by atoms with Crippen molar-refractivity contribution < 1.29 is 0 Å². The highest BCUT2D eigenvalue weighted by Crippen LogP contribution is 2.17. The first-order valence-electron chi connectivity index (χ1n) is 5.79. The van der Waals surface area contributed by atoms with Gasteiger partial charge in [-0.15, -0.1) is 35.3 Å². The second-order valence-electron chi connectivity index (χ2n) is 4.11. The van der Waals surface area contributed by atoms with E-state index < -0.39 is 0 Å². The van der Waals surface area contributed by atoms with Gasteiger partial charge in [-0.1, -0.05) is 19.3 Å². The lowest BCUT2D eigenvalue weighted by Gasteiger charge is -2.23. The number of hydrogen-bond acceptors (Lipinski definition) is 3. The fourth-order valence-corrected chi connectivity index (χ4v) is 2.53. The predicted molar refractivity (Wildman–Crippen MR) is 82.9 cm³/mol. The summed E-state index contributed by atoms with van der Waals surface area (Å²) in [6.07, 6.45) is 8.18. The minimum absolute atomic E-state index is 0. The van der Waals surface area contributed by atoms with Crippen LogP contribution in [0.25, 0.3) is 0 Å². The Morgan fingerprint density at radius 1 is 1.47 bits per heavy atom. The normalized spacial score (nSPS) is 17.5. The molecule has 1 aromatic rings. The van der Waals surface area contributed by atoms with Gasteiger partial charge in [0, 0.05) is 17.6 Å². The molecule has 6 heteroatoms. The van der Waals surface area contributed by atoms with Crippen LogP contribution < -0.4 is 11.1 Å². The molecule has 0 aromatic carbocycles. The number of aromatic nitrogens is 1. The van der Waals surface area contributed by atoms with E-state index in [0.717, 1.165) is 5.01 Å². The van der Waals surface area contributed by atoms with Crippen molar-refractivity contribution in [1.82, 2.24) is 10.3 Å². The summed E-state index contributed by atoms with van der Waals surface area (Å²) in [5.74, 6) is 0.557. The molecule has 3 N–H and O–H groups in total. The zero-order valence-electron chi connectivity index (χ0n) is 9.76. The Labute approximate surface area is 123 Å². The third-order valence-corrected chi connectivity index (χ3v) is 3.59. The van der Waals surface area contributed by atoms with E-state index >= 15 is 0 Å². The number of nitrogens with one attached hydrogen (secondary N) is 1. The Bertz CT molecular complexity index is 333. The maximum absolute atomic E-state index is 5.84. The third-order valence-electron chi connectivity index (χ3n) is 2.83. The van der Waals surface area contributed by atoms with E-state index in [0.29, 0.717) is 18.5 Å². The lowest BCUT2D eigenvalue weighted by Crippen LogP contribution is -2.41. The van der Waals surface area contributed by atoms with E-state index in [1.165, 1.54) is 32.1 Å². The van der Waals surface area contributed by atoms with Gasteiger partial charge in [-0.05, 0) is 12.8 Å². The summed E-state index contributed by atoms with van der Waals surface area (Å²) in [7, 11) is 0. The molecule has 0 aliphatic heterocycles. The molecule has 1 saturated carbocycles. The number of hydrogen-bond donors (Lipinski definition) is 2. The fourth-order valence-electron chi connectivity index (χ4n) is 1.99. The van der Waals surface area contributed by atoms with E-state index in [2.05, 4.69) is 15.3 Å². The Morgan fingerprint density at radius 2 is 2.24 bits per heavy atom. The zero-order chi connectivity index (χ0) is 11.2. The molecular formula is C11H19IN4S. The Kier molecular flexibility index (Phi) is 6.79. The number of nitrogens with two attached hydrogens (primary N) is 1. The molecule has 1 aliphatic rings. The SMILES string of the molecule is I.NC(=NCc1nccs1)NC1CCCCC1. The van der Waals surface area contributed by atoms with Crippen molar-refractivity contribution in [3.05, 3.63) is 16.6 Å². The first-order valence-corrected chi connectivity index (χ1v) is 6.67. The maximum Gasteiger partial charge on any atom is 0.189 e. The van der Waals surface area contributed by atoms with Gasteiger partial charge in [-0.2, -0.15) is 0 Å². The average molecular weight is 366 g/mol. The summed E-state index contributed by atoms with van der Waals surface area (Å²) < 4.78 is 0.